The van der Waals surface area contributed by atoms with Gasteiger partial charge in [-0.15, -0.1) is 11.8 Å². The van der Waals surface area contributed by atoms with Crippen molar-refractivity contribution in [2.24, 2.45) is 0 Å². The number of halogens is 1. The van der Waals surface area contributed by atoms with Crippen molar-refractivity contribution < 1.29 is 9.72 Å². The number of benzene rings is 2. The van der Waals surface area contributed by atoms with Gasteiger partial charge in [-0.05, 0) is 42.0 Å². The summed E-state index contributed by atoms with van der Waals surface area (Å²) in [4.78, 5) is 27.0. The number of fused-ring (bicyclic) bond motifs is 1. The zero-order chi connectivity index (χ0) is 18.4. The maximum Gasteiger partial charge on any atom is 0.269 e. The fraction of sp³-hybridized carbons (Fsp3) is 0.176. The molecule has 4 rings (SSSR count). The van der Waals surface area contributed by atoms with Crippen molar-refractivity contribution in [2.45, 2.75) is 11.4 Å². The van der Waals surface area contributed by atoms with Gasteiger partial charge in [-0.1, -0.05) is 28.1 Å². The van der Waals surface area contributed by atoms with Gasteiger partial charge in [0.05, 0.1) is 10.6 Å². The normalized spacial score (nSPS) is 22.0. The SMILES string of the molecule is O=C1[C@@H]2CS[C@H](c3cccc([N+](=O)[O-])c3)N2C(=S)N1c1ccc(Br)cc1. The molecule has 0 N–H and O–H groups in total. The van der Waals surface area contributed by atoms with E-state index in [-0.39, 0.29) is 23.0 Å². The van der Waals surface area contributed by atoms with Crippen LogP contribution in [0.3, 0.4) is 0 Å². The Hall–Kier alpha value is -1.97. The number of non-ortho nitro benzene ring substituents is 1. The molecule has 2 aliphatic rings. The fourth-order valence-electron chi connectivity index (χ4n) is 3.17. The smallest absolute Gasteiger partial charge is 0.269 e. The molecular weight excluding hydrogens is 438 g/mol. The van der Waals surface area contributed by atoms with E-state index in [1.807, 2.05) is 35.2 Å². The van der Waals surface area contributed by atoms with E-state index in [9.17, 15) is 14.9 Å². The molecule has 0 unspecified atom stereocenters. The molecular formula is C17H12BrN3O3S2. The second-order valence-electron chi connectivity index (χ2n) is 5.89. The molecule has 0 spiro atoms. The zero-order valence-corrected chi connectivity index (χ0v) is 16.5. The lowest BCUT2D eigenvalue weighted by Crippen LogP contribution is -2.33. The summed E-state index contributed by atoms with van der Waals surface area (Å²) >= 11 is 10.6. The van der Waals surface area contributed by atoms with Crippen molar-refractivity contribution in [3.63, 3.8) is 0 Å². The van der Waals surface area contributed by atoms with Crippen LogP contribution in [0.25, 0.3) is 0 Å². The summed E-state index contributed by atoms with van der Waals surface area (Å²) in [5, 5.41) is 11.3. The summed E-state index contributed by atoms with van der Waals surface area (Å²) in [6.45, 7) is 0. The van der Waals surface area contributed by atoms with Crippen molar-refractivity contribution in [3.8, 4) is 0 Å². The first-order chi connectivity index (χ1) is 12.5. The van der Waals surface area contributed by atoms with Crippen LogP contribution in [0.5, 0.6) is 0 Å². The second kappa shape index (κ2) is 6.64. The lowest BCUT2D eigenvalue weighted by atomic mass is 10.1. The minimum absolute atomic E-state index is 0.0350. The van der Waals surface area contributed by atoms with Crippen LogP contribution >= 0.6 is 39.9 Å². The van der Waals surface area contributed by atoms with Gasteiger partial charge in [-0.3, -0.25) is 19.8 Å². The van der Waals surface area contributed by atoms with E-state index >= 15 is 0 Å². The highest BCUT2D eigenvalue weighted by Gasteiger charge is 2.50. The Morgan fingerprint density at radius 3 is 2.65 bits per heavy atom. The monoisotopic (exact) mass is 449 g/mol. The molecule has 2 aromatic rings. The first kappa shape index (κ1) is 17.4. The van der Waals surface area contributed by atoms with Crippen LogP contribution in [0, 0.1) is 10.1 Å². The molecule has 132 valence electrons. The maximum atomic E-state index is 12.9. The van der Waals surface area contributed by atoms with E-state index in [1.165, 1.54) is 6.07 Å². The second-order valence-corrected chi connectivity index (χ2v) is 8.29. The van der Waals surface area contributed by atoms with E-state index in [0.29, 0.717) is 10.9 Å². The predicted molar refractivity (Wildman–Crippen MR) is 108 cm³/mol. The molecule has 2 heterocycles. The van der Waals surface area contributed by atoms with Gasteiger partial charge in [0, 0.05) is 22.4 Å². The quantitative estimate of drug-likeness (QED) is 0.399. The van der Waals surface area contributed by atoms with Crippen molar-refractivity contribution >= 4 is 62.3 Å². The van der Waals surface area contributed by atoms with Crippen molar-refractivity contribution in [1.82, 2.24) is 4.90 Å². The first-order valence-corrected chi connectivity index (χ1v) is 10.00. The molecule has 2 aromatic carbocycles. The summed E-state index contributed by atoms with van der Waals surface area (Å²) in [5.74, 6) is 0.539. The number of nitro groups is 1. The molecule has 2 aliphatic heterocycles. The largest absolute Gasteiger partial charge is 0.319 e. The minimum Gasteiger partial charge on any atom is -0.319 e. The Labute approximate surface area is 167 Å². The number of hydrogen-bond donors (Lipinski definition) is 0. The summed E-state index contributed by atoms with van der Waals surface area (Å²) in [6, 6.07) is 13.6. The molecule has 0 radical (unpaired) electrons. The topological polar surface area (TPSA) is 66.7 Å². The summed E-state index contributed by atoms with van der Waals surface area (Å²) < 4.78 is 0.921. The Morgan fingerprint density at radius 2 is 1.96 bits per heavy atom. The lowest BCUT2D eigenvalue weighted by molar-refractivity contribution is -0.384. The average molecular weight is 450 g/mol. The van der Waals surface area contributed by atoms with Crippen LogP contribution in [0.15, 0.2) is 53.0 Å². The molecule has 9 heteroatoms. The van der Waals surface area contributed by atoms with E-state index < -0.39 is 4.92 Å². The molecule has 2 saturated heterocycles. The number of hydrogen-bond acceptors (Lipinski definition) is 5. The maximum absolute atomic E-state index is 12.9. The molecule has 26 heavy (non-hydrogen) atoms. The number of rotatable bonds is 3. The molecule has 0 aromatic heterocycles. The van der Waals surface area contributed by atoms with Crippen LogP contribution in [-0.2, 0) is 4.79 Å². The Bertz CT molecular complexity index is 922. The Morgan fingerprint density at radius 1 is 1.23 bits per heavy atom. The van der Waals surface area contributed by atoms with Gasteiger partial charge in [0.1, 0.15) is 11.4 Å². The highest BCUT2D eigenvalue weighted by molar-refractivity contribution is 9.10. The van der Waals surface area contributed by atoms with Crippen molar-refractivity contribution in [3.05, 3.63) is 68.7 Å². The number of nitro benzene ring substituents is 1. The van der Waals surface area contributed by atoms with Crippen molar-refractivity contribution in [2.75, 3.05) is 10.7 Å². The Balaban J connectivity index is 1.68. The number of thioether (sulfide) groups is 1. The van der Waals surface area contributed by atoms with E-state index in [2.05, 4.69) is 15.9 Å². The third-order valence-electron chi connectivity index (χ3n) is 4.37. The molecule has 2 fully saturated rings. The third kappa shape index (κ3) is 2.80. The molecule has 6 nitrogen and oxygen atoms in total. The Kier molecular flexibility index (Phi) is 4.45. The number of amides is 1. The molecule has 0 bridgehead atoms. The molecule has 1 amide bonds. The standard InChI is InChI=1S/C17H12BrN3O3S2/c18-11-4-6-12(7-5-11)19-15(22)14-9-26-16(20(14)17(19)25)10-2-1-3-13(8-10)21(23)24/h1-8,14,16H,9H2/t14-,16+/m0/s1. The number of carbonyl (C=O) groups is 1. The zero-order valence-electron chi connectivity index (χ0n) is 13.2. The fourth-order valence-corrected chi connectivity index (χ4v) is 5.34. The van der Waals surface area contributed by atoms with Crippen molar-refractivity contribution in [1.29, 1.82) is 0 Å². The highest BCUT2D eigenvalue weighted by atomic mass is 79.9. The van der Waals surface area contributed by atoms with Crippen LogP contribution in [0.1, 0.15) is 10.9 Å². The van der Waals surface area contributed by atoms with Crippen LogP contribution in [-0.4, -0.2) is 32.6 Å². The van der Waals surface area contributed by atoms with Gasteiger partial charge >= 0.3 is 0 Å². The lowest BCUT2D eigenvalue weighted by Gasteiger charge is -2.25. The number of carbonyl (C=O) groups excluding carboxylic acids is 1. The van der Waals surface area contributed by atoms with Gasteiger partial charge in [-0.25, -0.2) is 0 Å². The number of thiocarbonyl (C=S) groups is 1. The third-order valence-corrected chi connectivity index (χ3v) is 6.61. The molecule has 0 saturated carbocycles. The van der Waals surface area contributed by atoms with E-state index in [4.69, 9.17) is 12.2 Å². The van der Waals surface area contributed by atoms with Crippen LogP contribution in [0.2, 0.25) is 0 Å². The summed E-state index contributed by atoms with van der Waals surface area (Å²) in [5.41, 5.74) is 1.53. The first-order valence-electron chi connectivity index (χ1n) is 7.75. The van der Waals surface area contributed by atoms with Crippen LogP contribution < -0.4 is 4.90 Å². The van der Waals surface area contributed by atoms with E-state index in [0.717, 1.165) is 15.7 Å². The summed E-state index contributed by atoms with van der Waals surface area (Å²) in [6.07, 6.45) is 0. The van der Waals surface area contributed by atoms with Gasteiger partial charge in [0.25, 0.3) is 11.6 Å². The number of anilines is 1. The molecule has 2 atom stereocenters. The van der Waals surface area contributed by atoms with Crippen LogP contribution in [0.4, 0.5) is 11.4 Å². The molecule has 0 aliphatic carbocycles. The summed E-state index contributed by atoms with van der Waals surface area (Å²) in [7, 11) is 0. The highest BCUT2D eigenvalue weighted by Crippen LogP contribution is 2.46. The van der Waals surface area contributed by atoms with Gasteiger partial charge < -0.3 is 4.90 Å². The van der Waals surface area contributed by atoms with Gasteiger partial charge in [0.2, 0.25) is 0 Å². The minimum atomic E-state index is -0.414. The van der Waals surface area contributed by atoms with Gasteiger partial charge in [-0.2, -0.15) is 0 Å². The predicted octanol–water partition coefficient (Wildman–Crippen LogP) is 4.11. The van der Waals surface area contributed by atoms with E-state index in [1.54, 1.807) is 28.8 Å². The van der Waals surface area contributed by atoms with Gasteiger partial charge in [0.15, 0.2) is 5.11 Å². The average Bonchev–Trinajstić information content (AvgIpc) is 3.17. The number of nitrogens with zero attached hydrogens (tertiary/aromatic N) is 3.